The van der Waals surface area contributed by atoms with Gasteiger partial charge < -0.3 is 19.9 Å². The molecule has 0 aromatic carbocycles. The molecule has 19 heavy (non-hydrogen) atoms. The van der Waals surface area contributed by atoms with Crippen LogP contribution in [0, 0.1) is 11.3 Å². The van der Waals surface area contributed by atoms with Crippen LogP contribution in [0.5, 0.6) is 0 Å². The van der Waals surface area contributed by atoms with Crippen molar-refractivity contribution in [2.45, 2.75) is 38.3 Å². The average Bonchev–Trinajstić information content (AvgIpc) is 3.11. The van der Waals surface area contributed by atoms with Gasteiger partial charge in [-0.15, -0.1) is 0 Å². The summed E-state index contributed by atoms with van der Waals surface area (Å²) in [7, 11) is 0. The fourth-order valence-electron chi connectivity index (χ4n) is 3.11. The Bertz CT molecular complexity index is 490. The van der Waals surface area contributed by atoms with Crippen molar-refractivity contribution in [3.63, 3.8) is 0 Å². The van der Waals surface area contributed by atoms with Crippen LogP contribution in [0.1, 0.15) is 31.4 Å². The van der Waals surface area contributed by atoms with Gasteiger partial charge in [-0.3, -0.25) is 0 Å². The van der Waals surface area contributed by atoms with Gasteiger partial charge in [0, 0.05) is 19.7 Å². The minimum Gasteiger partial charge on any atom is -0.396 e. The summed E-state index contributed by atoms with van der Waals surface area (Å²) in [4.78, 5) is 2.30. The van der Waals surface area contributed by atoms with Crippen LogP contribution in [-0.2, 0) is 11.3 Å². The second kappa shape index (κ2) is 5.14. The first kappa shape index (κ1) is 12.4. The van der Waals surface area contributed by atoms with Crippen molar-refractivity contribution in [1.82, 2.24) is 4.57 Å². The fraction of sp³-hybridized carbons (Fsp3) is 0.643. The highest BCUT2D eigenvalue weighted by atomic mass is 16.5. The monoisotopic (exact) mass is 260 g/mol. The first-order chi connectivity index (χ1) is 9.29. The maximum absolute atomic E-state index is 9.29. The molecule has 0 saturated carbocycles. The van der Waals surface area contributed by atoms with Crippen molar-refractivity contribution < 1.29 is 4.74 Å². The Kier molecular flexibility index (Phi) is 3.34. The van der Waals surface area contributed by atoms with E-state index in [9.17, 15) is 5.26 Å². The number of nitrogens with two attached hydrogens (primary N) is 1. The number of hydrogen-bond donors (Lipinski definition) is 1. The molecule has 0 radical (unpaired) electrons. The number of anilines is 2. The first-order valence-electron chi connectivity index (χ1n) is 7.05. The van der Waals surface area contributed by atoms with Gasteiger partial charge in [-0.1, -0.05) is 0 Å². The molecule has 1 unspecified atom stereocenters. The van der Waals surface area contributed by atoms with E-state index in [4.69, 9.17) is 10.5 Å². The number of ether oxygens (including phenoxy) is 1. The summed E-state index contributed by atoms with van der Waals surface area (Å²) >= 11 is 0. The van der Waals surface area contributed by atoms with Gasteiger partial charge in [0.2, 0.25) is 0 Å². The molecule has 5 heteroatoms. The summed E-state index contributed by atoms with van der Waals surface area (Å²) in [6.45, 7) is 3.64. The zero-order chi connectivity index (χ0) is 13.2. The standard InChI is InChI=1S/C14H20N4O/c15-9-11-8-13(16)14(17-5-1-2-6-17)18(11)10-12-4-3-7-19-12/h8,12H,1-7,10,16H2. The molecule has 2 fully saturated rings. The van der Waals surface area contributed by atoms with Crippen molar-refractivity contribution in [2.75, 3.05) is 30.3 Å². The highest BCUT2D eigenvalue weighted by Gasteiger charge is 2.25. The summed E-state index contributed by atoms with van der Waals surface area (Å²) < 4.78 is 7.75. The number of nitriles is 1. The number of nitrogen functional groups attached to an aromatic ring is 1. The van der Waals surface area contributed by atoms with Crippen LogP contribution in [0.2, 0.25) is 0 Å². The van der Waals surface area contributed by atoms with Gasteiger partial charge >= 0.3 is 0 Å². The fourth-order valence-corrected chi connectivity index (χ4v) is 3.11. The molecule has 3 heterocycles. The van der Waals surface area contributed by atoms with Crippen LogP contribution >= 0.6 is 0 Å². The van der Waals surface area contributed by atoms with Gasteiger partial charge in [0.15, 0.2) is 0 Å². The van der Waals surface area contributed by atoms with Gasteiger partial charge in [-0.25, -0.2) is 0 Å². The van der Waals surface area contributed by atoms with Crippen LogP contribution in [0.15, 0.2) is 6.07 Å². The molecule has 0 bridgehead atoms. The van der Waals surface area contributed by atoms with Crippen LogP contribution in [-0.4, -0.2) is 30.4 Å². The van der Waals surface area contributed by atoms with Crippen molar-refractivity contribution in [2.24, 2.45) is 0 Å². The quantitative estimate of drug-likeness (QED) is 0.898. The predicted molar refractivity (Wildman–Crippen MR) is 74.0 cm³/mol. The van der Waals surface area contributed by atoms with E-state index < -0.39 is 0 Å². The summed E-state index contributed by atoms with van der Waals surface area (Å²) in [6, 6.07) is 4.05. The van der Waals surface area contributed by atoms with Gasteiger partial charge in [0.05, 0.1) is 18.3 Å². The Morgan fingerprint density at radius 3 is 2.79 bits per heavy atom. The highest BCUT2D eigenvalue weighted by molar-refractivity contribution is 5.68. The molecule has 0 spiro atoms. The zero-order valence-electron chi connectivity index (χ0n) is 11.1. The van der Waals surface area contributed by atoms with E-state index in [0.717, 1.165) is 50.6 Å². The second-order valence-electron chi connectivity index (χ2n) is 5.36. The lowest BCUT2D eigenvalue weighted by Gasteiger charge is -2.23. The Balaban J connectivity index is 1.92. The molecular weight excluding hydrogens is 240 g/mol. The summed E-state index contributed by atoms with van der Waals surface area (Å²) in [5.41, 5.74) is 7.48. The third kappa shape index (κ3) is 2.28. The molecule has 1 aromatic rings. The number of nitrogens with zero attached hydrogens (tertiary/aromatic N) is 3. The Labute approximate surface area is 113 Å². The van der Waals surface area contributed by atoms with E-state index in [1.54, 1.807) is 6.07 Å². The van der Waals surface area contributed by atoms with E-state index in [-0.39, 0.29) is 6.10 Å². The van der Waals surface area contributed by atoms with Crippen molar-refractivity contribution >= 4 is 11.5 Å². The second-order valence-corrected chi connectivity index (χ2v) is 5.36. The molecule has 2 N–H and O–H groups in total. The van der Waals surface area contributed by atoms with E-state index >= 15 is 0 Å². The lowest BCUT2D eigenvalue weighted by atomic mass is 10.2. The van der Waals surface area contributed by atoms with E-state index in [0.29, 0.717) is 5.69 Å². The molecule has 1 atom stereocenters. The number of hydrogen-bond acceptors (Lipinski definition) is 4. The lowest BCUT2D eigenvalue weighted by molar-refractivity contribution is 0.0972. The van der Waals surface area contributed by atoms with Crippen molar-refractivity contribution in [1.29, 1.82) is 5.26 Å². The topological polar surface area (TPSA) is 67.2 Å². The van der Waals surface area contributed by atoms with Crippen LogP contribution < -0.4 is 10.6 Å². The highest BCUT2D eigenvalue weighted by Crippen LogP contribution is 2.31. The molecule has 2 aliphatic rings. The zero-order valence-corrected chi connectivity index (χ0v) is 11.1. The minimum absolute atomic E-state index is 0.222. The first-order valence-corrected chi connectivity index (χ1v) is 7.05. The minimum atomic E-state index is 0.222. The van der Waals surface area contributed by atoms with Crippen LogP contribution in [0.25, 0.3) is 0 Å². The maximum Gasteiger partial charge on any atom is 0.133 e. The number of rotatable bonds is 3. The average molecular weight is 260 g/mol. The number of aromatic nitrogens is 1. The maximum atomic E-state index is 9.29. The van der Waals surface area contributed by atoms with Crippen molar-refractivity contribution in [3.05, 3.63) is 11.8 Å². The summed E-state index contributed by atoms with van der Waals surface area (Å²) in [6.07, 6.45) is 4.81. The molecule has 3 rings (SSSR count). The summed E-state index contributed by atoms with van der Waals surface area (Å²) in [5.74, 6) is 1.02. The predicted octanol–water partition coefficient (Wildman–Crippen LogP) is 1.72. The van der Waals surface area contributed by atoms with Gasteiger partial charge in [-0.05, 0) is 31.7 Å². The Hall–Kier alpha value is -1.67. The summed E-state index contributed by atoms with van der Waals surface area (Å²) in [5, 5.41) is 9.29. The normalized spacial score (nSPS) is 22.9. The van der Waals surface area contributed by atoms with Gasteiger partial charge in [-0.2, -0.15) is 5.26 Å². The SMILES string of the molecule is N#Cc1cc(N)c(N2CCCC2)n1CC1CCCO1. The molecule has 0 aliphatic carbocycles. The van der Waals surface area contributed by atoms with E-state index in [1.807, 2.05) is 0 Å². The molecule has 0 amide bonds. The molecule has 1 aromatic heterocycles. The lowest BCUT2D eigenvalue weighted by Crippen LogP contribution is -2.25. The largest absolute Gasteiger partial charge is 0.396 e. The van der Waals surface area contributed by atoms with Crippen LogP contribution in [0.3, 0.4) is 0 Å². The smallest absolute Gasteiger partial charge is 0.133 e. The molecule has 102 valence electrons. The van der Waals surface area contributed by atoms with Gasteiger partial charge in [0.1, 0.15) is 17.6 Å². The van der Waals surface area contributed by atoms with E-state index in [2.05, 4.69) is 15.5 Å². The van der Waals surface area contributed by atoms with Crippen LogP contribution in [0.4, 0.5) is 11.5 Å². The van der Waals surface area contributed by atoms with Gasteiger partial charge in [0.25, 0.3) is 0 Å². The molecule has 2 aliphatic heterocycles. The third-order valence-corrected chi connectivity index (χ3v) is 4.03. The third-order valence-electron chi connectivity index (χ3n) is 4.03. The molecule has 2 saturated heterocycles. The Morgan fingerprint density at radius 2 is 2.16 bits per heavy atom. The Morgan fingerprint density at radius 1 is 1.37 bits per heavy atom. The van der Waals surface area contributed by atoms with E-state index in [1.165, 1.54) is 12.8 Å². The van der Waals surface area contributed by atoms with Crippen molar-refractivity contribution in [3.8, 4) is 6.07 Å². The molecular formula is C14H20N4O. The molecule has 5 nitrogen and oxygen atoms in total.